The van der Waals surface area contributed by atoms with Gasteiger partial charge < -0.3 is 9.84 Å². The van der Waals surface area contributed by atoms with Crippen molar-refractivity contribution >= 4 is 17.0 Å². The Balaban J connectivity index is 1.74. The maximum absolute atomic E-state index is 11.6. The molecule has 2 heterocycles. The lowest BCUT2D eigenvalue weighted by molar-refractivity contribution is -0.130. The second kappa shape index (κ2) is 4.17. The third-order valence-electron chi connectivity index (χ3n) is 3.54. The lowest BCUT2D eigenvalue weighted by Gasteiger charge is -2.04. The van der Waals surface area contributed by atoms with Crippen LogP contribution in [-0.4, -0.2) is 25.1 Å². The smallest absolute Gasteiger partial charge is 0.338 e. The van der Waals surface area contributed by atoms with Crippen LogP contribution >= 0.6 is 0 Å². The Kier molecular flexibility index (Phi) is 2.39. The van der Waals surface area contributed by atoms with E-state index >= 15 is 0 Å². The summed E-state index contributed by atoms with van der Waals surface area (Å²) in [5.41, 5.74) is 2.94. The van der Waals surface area contributed by atoms with Crippen LogP contribution in [0.3, 0.4) is 0 Å². The van der Waals surface area contributed by atoms with E-state index in [1.165, 1.54) is 0 Å². The van der Waals surface area contributed by atoms with Gasteiger partial charge in [0, 0.05) is 11.6 Å². The number of fused-ring (bicyclic) bond motifs is 4. The second-order valence-corrected chi connectivity index (χ2v) is 5.18. The second-order valence-electron chi connectivity index (χ2n) is 5.18. The summed E-state index contributed by atoms with van der Waals surface area (Å²) in [6.07, 6.45) is 0. The fourth-order valence-electron chi connectivity index (χ4n) is 2.42. The molecule has 0 amide bonds. The lowest BCUT2D eigenvalue weighted by Crippen LogP contribution is -2.08. The molecular weight excluding hydrogens is 282 g/mol. The number of ether oxygens (including phenoxy) is 1. The maximum Gasteiger partial charge on any atom is 0.338 e. The molecule has 0 spiro atoms. The average molecular weight is 295 g/mol. The van der Waals surface area contributed by atoms with E-state index in [2.05, 4.69) is 6.58 Å². The summed E-state index contributed by atoms with van der Waals surface area (Å²) < 4.78 is 9.01. The first-order chi connectivity index (χ1) is 10.6. The summed E-state index contributed by atoms with van der Waals surface area (Å²) in [5.74, 6) is 0.228. The first kappa shape index (κ1) is 12.6. The molecule has 0 radical (unpaired) electrons. The molecule has 110 valence electrons. The van der Waals surface area contributed by atoms with Crippen LogP contribution in [0.25, 0.3) is 16.7 Å². The number of nitrogens with zero attached hydrogens (tertiary/aromatic N) is 3. The van der Waals surface area contributed by atoms with Crippen molar-refractivity contribution in [2.75, 3.05) is 0 Å². The van der Waals surface area contributed by atoms with Crippen LogP contribution in [0.2, 0.25) is 0 Å². The SMILES string of the molecule is C=C(C)C(=O)Oc1ccc2c(c1)n1n(-c3ccccc3O)n21. The minimum Gasteiger partial charge on any atom is -0.506 e. The van der Waals surface area contributed by atoms with Gasteiger partial charge in [0.2, 0.25) is 0 Å². The van der Waals surface area contributed by atoms with Crippen LogP contribution in [-0.2, 0) is 4.79 Å². The summed E-state index contributed by atoms with van der Waals surface area (Å²) in [7, 11) is 0. The van der Waals surface area contributed by atoms with Gasteiger partial charge in [-0.15, -0.1) is 14.1 Å². The summed E-state index contributed by atoms with van der Waals surface area (Å²) in [6.45, 7) is 5.17. The molecule has 0 bridgehead atoms. The van der Waals surface area contributed by atoms with E-state index in [-0.39, 0.29) is 5.75 Å². The Hall–Kier alpha value is -3.15. The highest BCUT2D eigenvalue weighted by atomic mass is 16.5. The Morgan fingerprint density at radius 2 is 1.86 bits per heavy atom. The number of carbonyl (C=O) groups excluding carboxylic acids is 1. The quantitative estimate of drug-likeness (QED) is 0.359. The van der Waals surface area contributed by atoms with Crippen molar-refractivity contribution in [2.24, 2.45) is 0 Å². The standard InChI is InChI=1S/C16H13N3O3/c1-10(2)16(21)22-11-7-8-12-14(9-11)19-17(12)18(19)13-5-3-4-6-15(13)20/h3-9,20H,1H2,2H3. The monoisotopic (exact) mass is 295 g/mol. The Labute approximate surface area is 125 Å². The Morgan fingerprint density at radius 3 is 2.59 bits per heavy atom. The molecule has 0 fully saturated rings. The number of para-hydroxylation sites is 2. The molecule has 2 aromatic heterocycles. The highest BCUT2D eigenvalue weighted by molar-refractivity contribution is 5.90. The number of phenolic OH excluding ortho intramolecular Hbond substituents is 1. The molecule has 2 aromatic carbocycles. The highest BCUT2D eigenvalue weighted by Crippen LogP contribution is 2.32. The van der Waals surface area contributed by atoms with Crippen LogP contribution in [0.5, 0.6) is 11.5 Å². The van der Waals surface area contributed by atoms with E-state index in [0.29, 0.717) is 17.0 Å². The summed E-state index contributed by atoms with van der Waals surface area (Å²) in [4.78, 5) is 13.4. The fourth-order valence-corrected chi connectivity index (χ4v) is 2.42. The van der Waals surface area contributed by atoms with Gasteiger partial charge in [0.25, 0.3) is 0 Å². The van der Waals surface area contributed by atoms with Crippen molar-refractivity contribution in [3.05, 3.63) is 54.6 Å². The van der Waals surface area contributed by atoms with Gasteiger partial charge >= 0.3 is 5.97 Å². The zero-order valence-corrected chi connectivity index (χ0v) is 11.9. The molecule has 4 aromatic rings. The third-order valence-corrected chi connectivity index (χ3v) is 3.54. The molecular formula is C16H13N3O3. The number of aromatic hydroxyl groups is 1. The van der Waals surface area contributed by atoms with Crippen molar-refractivity contribution in [2.45, 2.75) is 6.92 Å². The van der Waals surface area contributed by atoms with Crippen LogP contribution in [0.4, 0.5) is 0 Å². The predicted molar refractivity (Wildman–Crippen MR) is 81.0 cm³/mol. The number of benzene rings is 2. The molecule has 1 N–H and O–H groups in total. The topological polar surface area (TPSA) is 60.3 Å². The van der Waals surface area contributed by atoms with Gasteiger partial charge in [0.15, 0.2) is 0 Å². The van der Waals surface area contributed by atoms with E-state index in [9.17, 15) is 9.90 Å². The molecule has 0 atom stereocenters. The zero-order chi connectivity index (χ0) is 15.4. The van der Waals surface area contributed by atoms with Crippen LogP contribution in [0, 0.1) is 0 Å². The molecule has 22 heavy (non-hydrogen) atoms. The van der Waals surface area contributed by atoms with Crippen LogP contribution in [0.15, 0.2) is 54.6 Å². The largest absolute Gasteiger partial charge is 0.506 e. The number of esters is 1. The average Bonchev–Trinajstić information content (AvgIpc) is 3.14. The van der Waals surface area contributed by atoms with Gasteiger partial charge in [0.1, 0.15) is 28.2 Å². The molecule has 0 saturated carbocycles. The molecule has 0 unspecified atom stereocenters. The third kappa shape index (κ3) is 1.64. The summed E-state index contributed by atoms with van der Waals surface area (Å²) >= 11 is 0. The predicted octanol–water partition coefficient (Wildman–Crippen LogP) is 2.61. The minimum absolute atomic E-state index is 0.205. The number of hydrogen-bond donors (Lipinski definition) is 1. The maximum atomic E-state index is 11.6. The molecule has 0 aliphatic rings. The number of rotatable bonds is 3. The van der Waals surface area contributed by atoms with Crippen LogP contribution in [0.1, 0.15) is 6.92 Å². The van der Waals surface area contributed by atoms with E-state index in [4.69, 9.17) is 4.74 Å². The van der Waals surface area contributed by atoms with Gasteiger partial charge in [-0.1, -0.05) is 18.7 Å². The van der Waals surface area contributed by atoms with Crippen molar-refractivity contribution < 1.29 is 14.6 Å². The van der Waals surface area contributed by atoms with Crippen molar-refractivity contribution in [3.63, 3.8) is 0 Å². The van der Waals surface area contributed by atoms with E-state index < -0.39 is 5.97 Å². The lowest BCUT2D eigenvalue weighted by atomic mass is 10.3. The number of aromatic nitrogens is 3. The summed E-state index contributed by atoms with van der Waals surface area (Å²) in [5, 5.41) is 9.92. The molecule has 4 rings (SSSR count). The molecule has 0 aliphatic heterocycles. The molecule has 6 heteroatoms. The van der Waals surface area contributed by atoms with E-state index in [1.807, 2.05) is 32.3 Å². The van der Waals surface area contributed by atoms with Crippen molar-refractivity contribution in [3.8, 4) is 17.2 Å². The fraction of sp³-hybridized carbons (Fsp3) is 0.0625. The van der Waals surface area contributed by atoms with Crippen LogP contribution < -0.4 is 4.74 Å². The highest BCUT2D eigenvalue weighted by Gasteiger charge is 2.25. The summed E-state index contributed by atoms with van der Waals surface area (Å²) in [6, 6.07) is 12.5. The van der Waals surface area contributed by atoms with Gasteiger partial charge in [-0.25, -0.2) is 4.79 Å². The van der Waals surface area contributed by atoms with Gasteiger partial charge in [-0.2, -0.15) is 0 Å². The van der Waals surface area contributed by atoms with E-state index in [0.717, 1.165) is 11.0 Å². The number of hydrogen-bond acceptors (Lipinski definition) is 3. The van der Waals surface area contributed by atoms with Crippen molar-refractivity contribution in [1.29, 1.82) is 0 Å². The number of carbonyl (C=O) groups is 1. The molecule has 0 aliphatic carbocycles. The Morgan fingerprint density at radius 1 is 1.14 bits per heavy atom. The van der Waals surface area contributed by atoms with Gasteiger partial charge in [0.05, 0.1) is 0 Å². The first-order valence-electron chi connectivity index (χ1n) is 6.78. The van der Waals surface area contributed by atoms with Gasteiger partial charge in [-0.05, 0) is 31.2 Å². The number of phenols is 1. The van der Waals surface area contributed by atoms with E-state index in [1.54, 1.807) is 31.2 Å². The van der Waals surface area contributed by atoms with Crippen molar-refractivity contribution in [1.82, 2.24) is 14.1 Å². The Bertz CT molecular complexity index is 1020. The van der Waals surface area contributed by atoms with Gasteiger partial charge in [-0.3, -0.25) is 0 Å². The molecule has 0 saturated heterocycles. The normalized spacial score (nSPS) is 11.5. The zero-order valence-electron chi connectivity index (χ0n) is 11.9. The first-order valence-corrected chi connectivity index (χ1v) is 6.78. The minimum atomic E-state index is -0.445. The molecule has 6 nitrogen and oxygen atoms in total.